The number of nitrogens with zero attached hydrogens (tertiary/aromatic N) is 2. The molecular formula is C22H27IN4O2. The van der Waals surface area contributed by atoms with Crippen molar-refractivity contribution in [2.75, 3.05) is 20.2 Å². The Morgan fingerprint density at radius 3 is 2.59 bits per heavy atom. The van der Waals surface area contributed by atoms with Crippen LogP contribution in [-0.2, 0) is 6.54 Å². The fourth-order valence-corrected chi connectivity index (χ4v) is 2.66. The molecule has 0 fully saturated rings. The van der Waals surface area contributed by atoms with Crippen LogP contribution in [-0.4, -0.2) is 31.1 Å². The number of halogens is 1. The largest absolute Gasteiger partial charge is 0.492 e. The normalized spacial score (nSPS) is 10.9. The minimum absolute atomic E-state index is 0. The fourth-order valence-electron chi connectivity index (χ4n) is 2.66. The molecule has 0 aliphatic carbocycles. The van der Waals surface area contributed by atoms with E-state index in [4.69, 9.17) is 9.15 Å². The molecule has 0 bridgehead atoms. The molecule has 2 aromatic carbocycles. The number of hydrogen-bond acceptors (Lipinski definition) is 4. The molecule has 6 nitrogen and oxygen atoms in total. The summed E-state index contributed by atoms with van der Waals surface area (Å²) in [4.78, 5) is 8.74. The molecule has 1 heterocycles. The zero-order chi connectivity index (χ0) is 19.8. The maximum Gasteiger partial charge on any atom is 0.226 e. The first-order valence-electron chi connectivity index (χ1n) is 9.29. The van der Waals surface area contributed by atoms with Gasteiger partial charge in [-0.15, -0.1) is 24.0 Å². The molecule has 0 unspecified atom stereocenters. The van der Waals surface area contributed by atoms with Gasteiger partial charge in [-0.2, -0.15) is 0 Å². The van der Waals surface area contributed by atoms with Gasteiger partial charge in [0, 0.05) is 12.6 Å². The summed E-state index contributed by atoms with van der Waals surface area (Å²) < 4.78 is 11.3. The molecule has 0 saturated heterocycles. The van der Waals surface area contributed by atoms with Crippen LogP contribution in [0.5, 0.6) is 5.75 Å². The van der Waals surface area contributed by atoms with E-state index in [1.165, 1.54) is 11.1 Å². The zero-order valence-corrected chi connectivity index (χ0v) is 19.3. The first kappa shape index (κ1) is 22.7. The van der Waals surface area contributed by atoms with Crippen molar-refractivity contribution in [3.8, 4) is 17.2 Å². The second kappa shape index (κ2) is 11.5. The van der Waals surface area contributed by atoms with Gasteiger partial charge in [0.1, 0.15) is 18.6 Å². The number of aryl methyl sites for hydroxylation is 2. The lowest BCUT2D eigenvalue weighted by molar-refractivity contribution is 0.321. The van der Waals surface area contributed by atoms with Crippen molar-refractivity contribution in [2.24, 2.45) is 4.99 Å². The van der Waals surface area contributed by atoms with Gasteiger partial charge in [-0.25, -0.2) is 4.98 Å². The highest BCUT2D eigenvalue weighted by Crippen LogP contribution is 2.19. The van der Waals surface area contributed by atoms with Crippen molar-refractivity contribution in [3.05, 3.63) is 71.6 Å². The van der Waals surface area contributed by atoms with E-state index in [-0.39, 0.29) is 24.0 Å². The summed E-state index contributed by atoms with van der Waals surface area (Å²) in [6.07, 6.45) is 1.66. The van der Waals surface area contributed by atoms with Crippen molar-refractivity contribution in [1.82, 2.24) is 15.6 Å². The predicted octanol–water partition coefficient (Wildman–Crippen LogP) is 4.32. The van der Waals surface area contributed by atoms with Crippen molar-refractivity contribution < 1.29 is 9.15 Å². The van der Waals surface area contributed by atoms with E-state index in [0.29, 0.717) is 31.5 Å². The second-order valence-electron chi connectivity index (χ2n) is 6.53. The number of ether oxygens (including phenoxy) is 1. The molecule has 0 atom stereocenters. The summed E-state index contributed by atoms with van der Waals surface area (Å²) in [5.74, 6) is 2.18. The average molecular weight is 506 g/mol. The molecule has 2 N–H and O–H groups in total. The molecule has 7 heteroatoms. The molecule has 3 rings (SSSR count). The molecule has 0 amide bonds. The van der Waals surface area contributed by atoms with Gasteiger partial charge in [0.15, 0.2) is 5.96 Å². The maximum atomic E-state index is 5.73. The number of rotatable bonds is 7. The minimum Gasteiger partial charge on any atom is -0.492 e. The highest BCUT2D eigenvalue weighted by atomic mass is 127. The van der Waals surface area contributed by atoms with E-state index < -0.39 is 0 Å². The Kier molecular flexibility index (Phi) is 8.98. The van der Waals surface area contributed by atoms with Crippen molar-refractivity contribution in [2.45, 2.75) is 20.4 Å². The molecule has 0 aliphatic heterocycles. The smallest absolute Gasteiger partial charge is 0.226 e. The van der Waals surface area contributed by atoms with Gasteiger partial charge in [0.25, 0.3) is 0 Å². The number of benzene rings is 2. The molecule has 3 aromatic rings. The lowest BCUT2D eigenvalue weighted by Crippen LogP contribution is -2.38. The standard InChI is InChI=1S/C22H26N4O2.HI/c1-16-7-9-18(10-8-16)21-26-19(15-28-21)14-25-22(23-3)24-11-12-27-20-6-4-5-17(2)13-20;/h4-10,13,15H,11-12,14H2,1-3H3,(H2,23,24,25);1H. The molecule has 154 valence electrons. The molecule has 0 radical (unpaired) electrons. The predicted molar refractivity (Wildman–Crippen MR) is 127 cm³/mol. The number of hydrogen-bond donors (Lipinski definition) is 2. The lowest BCUT2D eigenvalue weighted by Gasteiger charge is -2.12. The van der Waals surface area contributed by atoms with Gasteiger partial charge in [-0.05, 0) is 43.7 Å². The van der Waals surface area contributed by atoms with E-state index in [0.717, 1.165) is 17.0 Å². The number of nitrogens with one attached hydrogen (secondary N) is 2. The Morgan fingerprint density at radius 2 is 1.86 bits per heavy atom. The van der Waals surface area contributed by atoms with E-state index in [1.807, 2.05) is 55.5 Å². The van der Waals surface area contributed by atoms with Crippen LogP contribution in [0.2, 0.25) is 0 Å². The first-order valence-corrected chi connectivity index (χ1v) is 9.29. The van der Waals surface area contributed by atoms with Crippen LogP contribution in [0.25, 0.3) is 11.5 Å². The van der Waals surface area contributed by atoms with Crippen LogP contribution < -0.4 is 15.4 Å². The van der Waals surface area contributed by atoms with Crippen molar-refractivity contribution in [3.63, 3.8) is 0 Å². The van der Waals surface area contributed by atoms with Gasteiger partial charge < -0.3 is 19.8 Å². The second-order valence-corrected chi connectivity index (χ2v) is 6.53. The monoisotopic (exact) mass is 506 g/mol. The Morgan fingerprint density at radius 1 is 1.07 bits per heavy atom. The van der Waals surface area contributed by atoms with Crippen LogP contribution in [0, 0.1) is 13.8 Å². The maximum absolute atomic E-state index is 5.73. The van der Waals surface area contributed by atoms with Crippen molar-refractivity contribution >= 4 is 29.9 Å². The summed E-state index contributed by atoms with van der Waals surface area (Å²) >= 11 is 0. The average Bonchev–Trinajstić information content (AvgIpc) is 3.17. The molecular weight excluding hydrogens is 479 g/mol. The summed E-state index contributed by atoms with van der Waals surface area (Å²) in [6.45, 7) is 5.81. The van der Waals surface area contributed by atoms with Gasteiger partial charge in [0.2, 0.25) is 5.89 Å². The molecule has 0 saturated carbocycles. The first-order chi connectivity index (χ1) is 13.6. The molecule has 0 aliphatic rings. The number of aliphatic imine (C=N–C) groups is 1. The molecule has 0 spiro atoms. The molecule has 1 aromatic heterocycles. The third kappa shape index (κ3) is 7.08. The Hall–Kier alpha value is -2.55. The van der Waals surface area contributed by atoms with Gasteiger partial charge >= 0.3 is 0 Å². The quantitative estimate of drug-likeness (QED) is 0.216. The van der Waals surface area contributed by atoms with Crippen LogP contribution in [0.1, 0.15) is 16.8 Å². The van der Waals surface area contributed by atoms with Crippen LogP contribution in [0.3, 0.4) is 0 Å². The van der Waals surface area contributed by atoms with Crippen LogP contribution in [0.4, 0.5) is 0 Å². The van der Waals surface area contributed by atoms with E-state index in [1.54, 1.807) is 13.3 Å². The summed E-state index contributed by atoms with van der Waals surface area (Å²) in [7, 11) is 1.73. The van der Waals surface area contributed by atoms with Crippen molar-refractivity contribution in [1.29, 1.82) is 0 Å². The minimum atomic E-state index is 0. The Bertz CT molecular complexity index is 923. The highest BCUT2D eigenvalue weighted by molar-refractivity contribution is 14.0. The van der Waals surface area contributed by atoms with Crippen LogP contribution >= 0.6 is 24.0 Å². The van der Waals surface area contributed by atoms with E-state index >= 15 is 0 Å². The lowest BCUT2D eigenvalue weighted by atomic mass is 10.1. The summed E-state index contributed by atoms with van der Waals surface area (Å²) in [5.41, 5.74) is 4.17. The van der Waals surface area contributed by atoms with Gasteiger partial charge in [-0.1, -0.05) is 29.8 Å². The third-order valence-electron chi connectivity index (χ3n) is 4.16. The van der Waals surface area contributed by atoms with E-state index in [9.17, 15) is 0 Å². The summed E-state index contributed by atoms with van der Waals surface area (Å²) in [6, 6.07) is 16.1. The Balaban J connectivity index is 0.00000300. The molecule has 29 heavy (non-hydrogen) atoms. The number of guanidine groups is 1. The fraction of sp³-hybridized carbons (Fsp3) is 0.273. The highest BCUT2D eigenvalue weighted by Gasteiger charge is 2.07. The SMILES string of the molecule is CN=C(NCCOc1cccc(C)c1)NCc1coc(-c2ccc(C)cc2)n1.I. The number of aromatic nitrogens is 1. The number of oxazole rings is 1. The van der Waals surface area contributed by atoms with Gasteiger partial charge in [0.05, 0.1) is 18.8 Å². The van der Waals surface area contributed by atoms with Gasteiger partial charge in [-0.3, -0.25) is 4.99 Å². The zero-order valence-electron chi connectivity index (χ0n) is 16.9. The third-order valence-corrected chi connectivity index (χ3v) is 4.16. The van der Waals surface area contributed by atoms with Crippen LogP contribution in [0.15, 0.2) is 64.2 Å². The summed E-state index contributed by atoms with van der Waals surface area (Å²) in [5, 5.41) is 6.45. The van der Waals surface area contributed by atoms with E-state index in [2.05, 4.69) is 27.5 Å². The topological polar surface area (TPSA) is 71.7 Å². The Labute approximate surface area is 188 Å².